The molecule has 5 rings (SSSR count). The molecule has 0 radical (unpaired) electrons. The second kappa shape index (κ2) is 11.9. The number of rotatable bonds is 7. The van der Waals surface area contributed by atoms with E-state index in [4.69, 9.17) is 27.9 Å². The van der Waals surface area contributed by atoms with Crippen LogP contribution in [-0.4, -0.2) is 84.4 Å². The van der Waals surface area contributed by atoms with Crippen LogP contribution in [0.4, 0.5) is 0 Å². The Hall–Kier alpha value is -1.51. The fraction of sp³-hybridized carbons (Fsp3) is 0.667. The van der Waals surface area contributed by atoms with Crippen LogP contribution in [-0.2, 0) is 24.5 Å². The molecule has 0 aromatic heterocycles. The molecule has 198 valence electrons. The molecule has 4 aliphatic rings. The topological polar surface area (TPSA) is 70.2 Å². The summed E-state index contributed by atoms with van der Waals surface area (Å²) >= 11 is 12.5. The Balaban J connectivity index is 0.00000148. The summed E-state index contributed by atoms with van der Waals surface area (Å²) in [5.74, 6) is -0.855. The van der Waals surface area contributed by atoms with Crippen molar-refractivity contribution in [1.29, 1.82) is 0 Å². The Labute approximate surface area is 224 Å². The van der Waals surface area contributed by atoms with Crippen LogP contribution < -0.4 is 0 Å². The number of carbonyl (C=O) groups excluding carboxylic acids is 3. The second-order valence-corrected chi connectivity index (χ2v) is 10.9. The van der Waals surface area contributed by atoms with Crippen LogP contribution in [0, 0.1) is 5.92 Å². The first kappa shape index (κ1) is 27.5. The summed E-state index contributed by atoms with van der Waals surface area (Å²) in [5.41, 5.74) is -0.236. The zero-order chi connectivity index (χ0) is 25.9. The number of imide groups is 3. The minimum absolute atomic E-state index is 0.165. The van der Waals surface area contributed by atoms with Crippen LogP contribution >= 0.6 is 23.2 Å². The highest BCUT2D eigenvalue weighted by atomic mass is 35.5. The van der Waals surface area contributed by atoms with Crippen molar-refractivity contribution in [2.45, 2.75) is 63.8 Å². The lowest BCUT2D eigenvalue weighted by Gasteiger charge is -2.48. The first-order valence-corrected chi connectivity index (χ1v) is 14.0. The van der Waals surface area contributed by atoms with Crippen LogP contribution in [0.1, 0.15) is 57.9 Å². The van der Waals surface area contributed by atoms with Crippen molar-refractivity contribution in [3.8, 4) is 0 Å². The van der Waals surface area contributed by atoms with Crippen LogP contribution in [0.3, 0.4) is 0 Å². The summed E-state index contributed by atoms with van der Waals surface area (Å²) in [6, 6.07) is 5.76. The van der Waals surface area contributed by atoms with Gasteiger partial charge in [0.2, 0.25) is 17.7 Å². The number of hydrogen-bond acceptors (Lipinski definition) is 6. The van der Waals surface area contributed by atoms with E-state index in [2.05, 4.69) is 9.80 Å². The van der Waals surface area contributed by atoms with Gasteiger partial charge in [-0.1, -0.05) is 43.1 Å². The summed E-state index contributed by atoms with van der Waals surface area (Å²) in [6.07, 6.45) is 3.30. The monoisotopic (exact) mass is 537 g/mol. The molecule has 7 nitrogen and oxygen atoms in total. The zero-order valence-electron chi connectivity index (χ0n) is 21.3. The van der Waals surface area contributed by atoms with Gasteiger partial charge in [-0.3, -0.25) is 19.3 Å². The number of halogens is 2. The van der Waals surface area contributed by atoms with Crippen molar-refractivity contribution in [1.82, 2.24) is 14.7 Å². The molecule has 1 aromatic rings. The van der Waals surface area contributed by atoms with Gasteiger partial charge in [0.1, 0.15) is 0 Å². The van der Waals surface area contributed by atoms with Crippen molar-refractivity contribution in [3.05, 3.63) is 33.8 Å². The molecule has 1 aromatic carbocycles. The van der Waals surface area contributed by atoms with Gasteiger partial charge in [0.25, 0.3) is 0 Å². The fourth-order valence-corrected chi connectivity index (χ4v) is 5.76. The number of morpholine rings is 1. The zero-order valence-corrected chi connectivity index (χ0v) is 22.8. The lowest BCUT2D eigenvalue weighted by Crippen LogP contribution is -2.62. The van der Waals surface area contributed by atoms with Gasteiger partial charge in [-0.2, -0.15) is 0 Å². The van der Waals surface area contributed by atoms with Crippen molar-refractivity contribution in [2.24, 2.45) is 5.92 Å². The van der Waals surface area contributed by atoms with Gasteiger partial charge in [-0.15, -0.1) is 0 Å². The Morgan fingerprint density at radius 1 is 1.08 bits per heavy atom. The molecule has 36 heavy (non-hydrogen) atoms. The molecular formula is C27H37Cl2N3O4. The standard InChI is InChI=1S/C25H31Cl2N3O4.C2H6/c26-20-4-3-18(14-21(20)27)25(7-8-28-15-19(16-28)29-9-11-34-12-10-29)6-5-22(31)30(24(25)33)23(32)13-17-1-2-17;1-2/h3-4,14,17,19H,1-2,5-13,15-16H2;1-2H3/t25-;/m0./s1. The van der Waals surface area contributed by atoms with E-state index in [-0.39, 0.29) is 24.7 Å². The molecule has 0 unspecified atom stereocenters. The highest BCUT2D eigenvalue weighted by molar-refractivity contribution is 6.42. The minimum Gasteiger partial charge on any atom is -0.379 e. The van der Waals surface area contributed by atoms with Crippen molar-refractivity contribution in [3.63, 3.8) is 0 Å². The molecule has 1 saturated carbocycles. The summed E-state index contributed by atoms with van der Waals surface area (Å²) in [5, 5.41) is 0.785. The third-order valence-corrected chi connectivity index (χ3v) is 8.60. The number of amides is 3. The second-order valence-electron chi connectivity index (χ2n) is 10.1. The van der Waals surface area contributed by atoms with Gasteiger partial charge in [0, 0.05) is 45.1 Å². The maximum Gasteiger partial charge on any atom is 0.246 e. The van der Waals surface area contributed by atoms with Gasteiger partial charge in [0.05, 0.1) is 28.7 Å². The molecule has 0 N–H and O–H groups in total. The van der Waals surface area contributed by atoms with Gasteiger partial charge in [-0.25, -0.2) is 4.90 Å². The summed E-state index contributed by atoms with van der Waals surface area (Å²) in [7, 11) is 0. The number of nitrogens with zero attached hydrogens (tertiary/aromatic N) is 3. The predicted octanol–water partition coefficient (Wildman–Crippen LogP) is 4.14. The van der Waals surface area contributed by atoms with Crippen LogP contribution in [0.25, 0.3) is 0 Å². The summed E-state index contributed by atoms with van der Waals surface area (Å²) in [4.78, 5) is 45.3. The molecular weight excluding hydrogens is 501 g/mol. The SMILES string of the molecule is CC.O=C1CC[C@](CCN2CC(N3CCOCC3)C2)(c2ccc(Cl)c(Cl)c2)C(=O)N1C(=O)CC1CC1. The molecule has 4 fully saturated rings. The third kappa shape index (κ3) is 5.81. The smallest absolute Gasteiger partial charge is 0.246 e. The Morgan fingerprint density at radius 3 is 2.42 bits per heavy atom. The molecule has 3 heterocycles. The van der Waals surface area contributed by atoms with Gasteiger partial charge >= 0.3 is 0 Å². The predicted molar refractivity (Wildman–Crippen MR) is 140 cm³/mol. The van der Waals surface area contributed by atoms with Gasteiger partial charge < -0.3 is 9.64 Å². The van der Waals surface area contributed by atoms with E-state index >= 15 is 0 Å². The normalized spacial score (nSPS) is 25.8. The van der Waals surface area contributed by atoms with E-state index in [9.17, 15) is 14.4 Å². The van der Waals surface area contributed by atoms with Crippen LogP contribution in [0.15, 0.2) is 18.2 Å². The van der Waals surface area contributed by atoms with E-state index in [1.165, 1.54) is 0 Å². The lowest BCUT2D eigenvalue weighted by atomic mass is 9.70. The molecule has 0 spiro atoms. The number of benzene rings is 1. The molecule has 3 saturated heterocycles. The first-order chi connectivity index (χ1) is 17.4. The fourth-order valence-electron chi connectivity index (χ4n) is 5.46. The van der Waals surface area contributed by atoms with Crippen LogP contribution in [0.5, 0.6) is 0 Å². The Bertz CT molecular complexity index is 974. The van der Waals surface area contributed by atoms with Crippen molar-refractivity contribution in [2.75, 3.05) is 45.9 Å². The molecule has 3 amide bonds. The first-order valence-electron chi connectivity index (χ1n) is 13.3. The molecule has 1 aliphatic carbocycles. The molecule has 0 bridgehead atoms. The molecule has 9 heteroatoms. The summed E-state index contributed by atoms with van der Waals surface area (Å²) in [6.45, 7) is 10.1. The quantitative estimate of drug-likeness (QED) is 0.487. The molecule has 1 atom stereocenters. The number of ether oxygens (including phenoxy) is 1. The minimum atomic E-state index is -0.967. The largest absolute Gasteiger partial charge is 0.379 e. The highest BCUT2D eigenvalue weighted by Gasteiger charge is 2.51. The third-order valence-electron chi connectivity index (χ3n) is 7.86. The summed E-state index contributed by atoms with van der Waals surface area (Å²) < 4.78 is 5.46. The average molecular weight is 539 g/mol. The Morgan fingerprint density at radius 2 is 1.78 bits per heavy atom. The van der Waals surface area contributed by atoms with E-state index in [1.54, 1.807) is 12.1 Å². The van der Waals surface area contributed by atoms with Crippen LogP contribution in [0.2, 0.25) is 10.0 Å². The number of carbonyl (C=O) groups is 3. The van der Waals surface area contributed by atoms with Crippen molar-refractivity contribution < 1.29 is 19.1 Å². The molecule has 3 aliphatic heterocycles. The van der Waals surface area contributed by atoms with Crippen molar-refractivity contribution >= 4 is 40.9 Å². The van der Waals surface area contributed by atoms with E-state index in [0.29, 0.717) is 41.4 Å². The number of hydrogen-bond donors (Lipinski definition) is 0. The van der Waals surface area contributed by atoms with Gasteiger partial charge in [0.15, 0.2) is 0 Å². The highest BCUT2D eigenvalue weighted by Crippen LogP contribution is 2.42. The average Bonchev–Trinajstić information content (AvgIpc) is 3.67. The maximum absolute atomic E-state index is 13.9. The van der Waals surface area contributed by atoms with Gasteiger partial charge in [-0.05, 0) is 55.8 Å². The number of piperidine rings is 1. The maximum atomic E-state index is 13.9. The van der Waals surface area contributed by atoms with E-state index in [0.717, 1.165) is 62.7 Å². The van der Waals surface area contributed by atoms with E-state index < -0.39 is 11.3 Å². The lowest BCUT2D eigenvalue weighted by molar-refractivity contribution is -0.161. The Kier molecular flexibility index (Phi) is 9.10. The number of likely N-dealkylation sites (tertiary alicyclic amines) is 2. The van der Waals surface area contributed by atoms with E-state index in [1.807, 2.05) is 19.9 Å².